The summed E-state index contributed by atoms with van der Waals surface area (Å²) in [5.74, 6) is -3.29. The van der Waals surface area contributed by atoms with Crippen LogP contribution >= 0.6 is 11.3 Å². The van der Waals surface area contributed by atoms with Gasteiger partial charge in [-0.25, -0.2) is 4.39 Å². The van der Waals surface area contributed by atoms with Gasteiger partial charge in [-0.15, -0.1) is 11.3 Å². The summed E-state index contributed by atoms with van der Waals surface area (Å²) >= 11 is 1.30. The average Bonchev–Trinajstić information content (AvgIpc) is 3.08. The van der Waals surface area contributed by atoms with Gasteiger partial charge >= 0.3 is 5.97 Å². The van der Waals surface area contributed by atoms with Crippen molar-refractivity contribution >= 4 is 40.0 Å². The average molecular weight is 433 g/mol. The molecule has 158 valence electrons. The lowest BCUT2D eigenvalue weighted by Gasteiger charge is -2.11. The quantitative estimate of drug-likeness (QED) is 0.574. The number of ether oxygens (including phenoxy) is 1. The van der Waals surface area contributed by atoms with Gasteiger partial charge in [0.25, 0.3) is 17.7 Å². The minimum atomic E-state index is -0.837. The highest BCUT2D eigenvalue weighted by atomic mass is 32.1. The predicted octanol–water partition coefficient (Wildman–Crippen LogP) is 1.78. The summed E-state index contributed by atoms with van der Waals surface area (Å²) in [6.07, 6.45) is 3.53. The highest BCUT2D eigenvalue weighted by Crippen LogP contribution is 2.37. The molecule has 0 saturated heterocycles. The maximum absolute atomic E-state index is 13.1. The molecule has 1 heterocycles. The number of esters is 1. The third-order valence-corrected chi connectivity index (χ3v) is 5.72. The van der Waals surface area contributed by atoms with Gasteiger partial charge in [0.2, 0.25) is 0 Å². The summed E-state index contributed by atoms with van der Waals surface area (Å²) < 4.78 is 18.0. The van der Waals surface area contributed by atoms with E-state index in [1.807, 2.05) is 0 Å². The summed E-state index contributed by atoms with van der Waals surface area (Å²) in [5, 5.41) is 5.22. The van der Waals surface area contributed by atoms with Crippen LogP contribution in [0.1, 0.15) is 44.0 Å². The standard InChI is InChI=1S/C20H20FN3O5S/c21-12-5-3-4-11(8-12)19(28)23-9-16(26)29-10-15(25)24-20-17(18(22)27)13-6-1-2-7-14(13)30-20/h3-5,8H,1-2,6-7,9-10H2,(H2,22,27)(H,23,28)(H,24,25). The molecular weight excluding hydrogens is 413 g/mol. The molecule has 0 fully saturated rings. The number of nitrogens with two attached hydrogens (primary N) is 1. The van der Waals surface area contributed by atoms with Crippen LogP contribution in [-0.2, 0) is 27.2 Å². The van der Waals surface area contributed by atoms with Crippen molar-refractivity contribution < 1.29 is 28.3 Å². The number of hydrogen-bond acceptors (Lipinski definition) is 6. The van der Waals surface area contributed by atoms with Crippen LogP contribution in [0, 0.1) is 5.82 Å². The SMILES string of the molecule is NC(=O)c1c(NC(=O)COC(=O)CNC(=O)c2cccc(F)c2)sc2c1CCCC2. The fourth-order valence-corrected chi connectivity index (χ4v) is 4.47. The molecule has 10 heteroatoms. The van der Waals surface area contributed by atoms with Crippen LogP contribution < -0.4 is 16.4 Å². The minimum Gasteiger partial charge on any atom is -0.454 e. The Kier molecular flexibility index (Phi) is 6.78. The summed E-state index contributed by atoms with van der Waals surface area (Å²) in [7, 11) is 0. The lowest BCUT2D eigenvalue weighted by molar-refractivity contribution is -0.146. The first-order valence-electron chi connectivity index (χ1n) is 9.28. The third kappa shape index (κ3) is 5.20. The number of fused-ring (bicyclic) bond motifs is 1. The molecule has 1 aliphatic rings. The Balaban J connectivity index is 1.50. The molecule has 30 heavy (non-hydrogen) atoms. The number of thiophene rings is 1. The molecule has 1 aliphatic carbocycles. The van der Waals surface area contributed by atoms with Crippen LogP contribution in [0.15, 0.2) is 24.3 Å². The molecule has 1 aromatic heterocycles. The Morgan fingerprint density at radius 2 is 1.93 bits per heavy atom. The molecule has 2 aromatic rings. The van der Waals surface area contributed by atoms with E-state index in [2.05, 4.69) is 10.6 Å². The van der Waals surface area contributed by atoms with Crippen LogP contribution in [0.2, 0.25) is 0 Å². The van der Waals surface area contributed by atoms with Crippen molar-refractivity contribution in [3.05, 3.63) is 51.7 Å². The van der Waals surface area contributed by atoms with Crippen molar-refractivity contribution in [2.75, 3.05) is 18.5 Å². The molecule has 0 radical (unpaired) electrons. The summed E-state index contributed by atoms with van der Waals surface area (Å²) in [6.45, 7) is -1.07. The van der Waals surface area contributed by atoms with E-state index in [1.165, 1.54) is 29.5 Å². The van der Waals surface area contributed by atoms with Crippen molar-refractivity contribution in [3.63, 3.8) is 0 Å². The number of rotatable bonds is 7. The third-order valence-electron chi connectivity index (χ3n) is 4.51. The van der Waals surface area contributed by atoms with Crippen molar-refractivity contribution in [2.45, 2.75) is 25.7 Å². The van der Waals surface area contributed by atoms with Crippen LogP contribution in [-0.4, -0.2) is 36.8 Å². The molecule has 3 amide bonds. The summed E-state index contributed by atoms with van der Waals surface area (Å²) in [4.78, 5) is 48.6. The number of benzene rings is 1. The zero-order valence-electron chi connectivity index (χ0n) is 16.0. The largest absolute Gasteiger partial charge is 0.454 e. The molecule has 0 bridgehead atoms. The van der Waals surface area contributed by atoms with E-state index in [9.17, 15) is 23.6 Å². The van der Waals surface area contributed by atoms with E-state index in [-0.39, 0.29) is 5.56 Å². The number of nitrogens with one attached hydrogen (secondary N) is 2. The number of primary amides is 1. The van der Waals surface area contributed by atoms with Gasteiger partial charge in [-0.3, -0.25) is 19.2 Å². The number of amides is 3. The van der Waals surface area contributed by atoms with Crippen LogP contribution in [0.4, 0.5) is 9.39 Å². The minimum absolute atomic E-state index is 0.0567. The number of aryl methyl sites for hydroxylation is 1. The fourth-order valence-electron chi connectivity index (χ4n) is 3.16. The second kappa shape index (κ2) is 9.49. The topological polar surface area (TPSA) is 128 Å². The molecule has 0 atom stereocenters. The number of carbonyl (C=O) groups is 4. The van der Waals surface area contributed by atoms with Crippen molar-refractivity contribution in [1.29, 1.82) is 0 Å². The Bertz CT molecular complexity index is 1000. The molecule has 0 aliphatic heterocycles. The maximum atomic E-state index is 13.1. The lowest BCUT2D eigenvalue weighted by atomic mass is 9.95. The first-order valence-corrected chi connectivity index (χ1v) is 10.1. The number of carbonyl (C=O) groups excluding carboxylic acids is 4. The normalized spacial score (nSPS) is 12.6. The van der Waals surface area contributed by atoms with Gasteiger partial charge < -0.3 is 21.1 Å². The lowest BCUT2D eigenvalue weighted by Crippen LogP contribution is -2.32. The summed E-state index contributed by atoms with van der Waals surface area (Å²) in [5.41, 5.74) is 6.73. The highest BCUT2D eigenvalue weighted by Gasteiger charge is 2.25. The zero-order valence-corrected chi connectivity index (χ0v) is 16.8. The van der Waals surface area contributed by atoms with Crippen molar-refractivity contribution in [3.8, 4) is 0 Å². The highest BCUT2D eigenvalue weighted by molar-refractivity contribution is 7.17. The molecule has 1 aromatic carbocycles. The van der Waals surface area contributed by atoms with E-state index in [4.69, 9.17) is 10.5 Å². The Morgan fingerprint density at radius 1 is 1.17 bits per heavy atom. The van der Waals surface area contributed by atoms with E-state index in [1.54, 1.807) is 0 Å². The van der Waals surface area contributed by atoms with Gasteiger partial charge in [0, 0.05) is 10.4 Å². The molecule has 0 unspecified atom stereocenters. The first-order chi connectivity index (χ1) is 14.3. The van der Waals surface area contributed by atoms with Crippen molar-refractivity contribution in [1.82, 2.24) is 5.32 Å². The smallest absolute Gasteiger partial charge is 0.325 e. The van der Waals surface area contributed by atoms with Gasteiger partial charge in [-0.1, -0.05) is 6.07 Å². The second-order valence-electron chi connectivity index (χ2n) is 6.68. The Labute approximate surface area is 175 Å². The molecule has 4 N–H and O–H groups in total. The number of halogens is 1. The van der Waals surface area contributed by atoms with Crippen LogP contribution in [0.3, 0.4) is 0 Å². The second-order valence-corrected chi connectivity index (χ2v) is 7.79. The van der Waals surface area contributed by atoms with E-state index < -0.39 is 42.7 Å². The number of hydrogen-bond donors (Lipinski definition) is 3. The van der Waals surface area contributed by atoms with E-state index in [0.29, 0.717) is 10.6 Å². The molecule has 8 nitrogen and oxygen atoms in total. The predicted molar refractivity (Wildman–Crippen MR) is 108 cm³/mol. The summed E-state index contributed by atoms with van der Waals surface area (Å²) in [6, 6.07) is 4.99. The van der Waals surface area contributed by atoms with E-state index >= 15 is 0 Å². The monoisotopic (exact) mass is 433 g/mol. The van der Waals surface area contributed by atoms with Gasteiger partial charge in [0.15, 0.2) is 6.61 Å². The number of anilines is 1. The van der Waals surface area contributed by atoms with Gasteiger partial charge in [0.05, 0.1) is 5.56 Å². The van der Waals surface area contributed by atoms with Gasteiger partial charge in [0.1, 0.15) is 17.4 Å². The van der Waals surface area contributed by atoms with Crippen molar-refractivity contribution in [2.24, 2.45) is 5.73 Å². The fraction of sp³-hybridized carbons (Fsp3) is 0.300. The van der Waals surface area contributed by atoms with Gasteiger partial charge in [-0.05, 0) is 49.4 Å². The molecule has 3 rings (SSSR count). The Morgan fingerprint density at radius 3 is 2.67 bits per heavy atom. The van der Waals surface area contributed by atoms with Crippen LogP contribution in [0.5, 0.6) is 0 Å². The van der Waals surface area contributed by atoms with E-state index in [0.717, 1.165) is 42.2 Å². The molecular formula is C20H20FN3O5S. The van der Waals surface area contributed by atoms with Gasteiger partial charge in [-0.2, -0.15) is 0 Å². The molecule has 0 spiro atoms. The molecule has 0 saturated carbocycles. The zero-order chi connectivity index (χ0) is 21.7. The van der Waals surface area contributed by atoms with Crippen LogP contribution in [0.25, 0.3) is 0 Å². The Hall–Kier alpha value is -3.27. The maximum Gasteiger partial charge on any atom is 0.325 e. The first kappa shape index (κ1) is 21.4.